The number of nitrogens with zero attached hydrogens (tertiary/aromatic N) is 1. The number of morpholine rings is 1. The lowest BCUT2D eigenvalue weighted by Gasteiger charge is -2.34. The second kappa shape index (κ2) is 6.64. The van der Waals surface area contributed by atoms with Crippen molar-refractivity contribution in [2.75, 3.05) is 13.1 Å². The highest BCUT2D eigenvalue weighted by molar-refractivity contribution is 6.32. The van der Waals surface area contributed by atoms with Crippen molar-refractivity contribution in [3.8, 4) is 11.7 Å². The molecule has 0 bridgehead atoms. The minimum atomic E-state index is -0.166. The second-order valence-corrected chi connectivity index (χ2v) is 6.03. The zero-order valence-corrected chi connectivity index (χ0v) is 13.7. The summed E-state index contributed by atoms with van der Waals surface area (Å²) in [7, 11) is 0. The molecule has 2 atom stereocenters. The average molecular weight is 336 g/mol. The van der Waals surface area contributed by atoms with Gasteiger partial charge in [0.2, 0.25) is 0 Å². The third-order valence-corrected chi connectivity index (χ3v) is 3.86. The molecule has 1 aliphatic rings. The van der Waals surface area contributed by atoms with Crippen LogP contribution < -0.4 is 4.74 Å². The number of hydrogen-bond acceptors (Lipinski definition) is 4. The van der Waals surface area contributed by atoms with Crippen LogP contribution in [0.3, 0.4) is 0 Å². The van der Waals surface area contributed by atoms with Crippen LogP contribution in [-0.2, 0) is 4.74 Å². The van der Waals surface area contributed by atoms with Gasteiger partial charge >= 0.3 is 0 Å². The minimum absolute atomic E-state index is 0.0107. The van der Waals surface area contributed by atoms with Crippen molar-refractivity contribution in [1.82, 2.24) is 4.90 Å². The predicted molar refractivity (Wildman–Crippen MR) is 86.1 cm³/mol. The van der Waals surface area contributed by atoms with E-state index in [0.29, 0.717) is 23.9 Å². The molecular formula is C17H18ClNO4. The Morgan fingerprint density at radius 1 is 1.17 bits per heavy atom. The lowest BCUT2D eigenvalue weighted by atomic mass is 10.2. The van der Waals surface area contributed by atoms with E-state index in [-0.39, 0.29) is 29.8 Å². The Kier molecular flexibility index (Phi) is 4.59. The number of hydrogen-bond donors (Lipinski definition) is 0. The smallest absolute Gasteiger partial charge is 0.290 e. The first kappa shape index (κ1) is 15.9. The van der Waals surface area contributed by atoms with E-state index in [1.54, 1.807) is 29.2 Å². The molecule has 1 amide bonds. The van der Waals surface area contributed by atoms with Crippen LogP contribution in [0.1, 0.15) is 24.4 Å². The standard InChI is InChI=1S/C17H18ClNO4/c1-11-9-19(10-12(2)21-11)17(20)15-7-8-16(23-15)22-14-6-4-3-5-13(14)18/h3-8,11-12H,9-10H2,1-2H3/t11-,12-/m1/s1. The first-order valence-electron chi connectivity index (χ1n) is 7.50. The number of halogens is 1. The van der Waals surface area contributed by atoms with Crippen LogP contribution in [0.2, 0.25) is 5.02 Å². The molecule has 1 aromatic carbocycles. The van der Waals surface area contributed by atoms with Crippen LogP contribution in [0.15, 0.2) is 40.8 Å². The summed E-state index contributed by atoms with van der Waals surface area (Å²) in [4.78, 5) is 14.3. The van der Waals surface area contributed by atoms with Gasteiger partial charge in [-0.05, 0) is 32.0 Å². The van der Waals surface area contributed by atoms with E-state index >= 15 is 0 Å². The Hall–Kier alpha value is -1.98. The Labute approximate surface area is 139 Å². The molecule has 1 fully saturated rings. The maximum absolute atomic E-state index is 12.5. The molecule has 1 aromatic heterocycles. The van der Waals surface area contributed by atoms with E-state index in [9.17, 15) is 4.79 Å². The summed E-state index contributed by atoms with van der Waals surface area (Å²) in [6.45, 7) is 4.99. The van der Waals surface area contributed by atoms with Gasteiger partial charge in [-0.1, -0.05) is 23.7 Å². The molecule has 0 spiro atoms. The molecule has 122 valence electrons. The summed E-state index contributed by atoms with van der Waals surface area (Å²) < 4.78 is 16.7. The number of carbonyl (C=O) groups is 1. The third kappa shape index (κ3) is 3.68. The fourth-order valence-electron chi connectivity index (χ4n) is 2.63. The summed E-state index contributed by atoms with van der Waals surface area (Å²) in [5, 5.41) is 0.479. The fraction of sp³-hybridized carbons (Fsp3) is 0.353. The van der Waals surface area contributed by atoms with Gasteiger partial charge < -0.3 is 18.8 Å². The van der Waals surface area contributed by atoms with Crippen molar-refractivity contribution < 1.29 is 18.7 Å². The van der Waals surface area contributed by atoms with Gasteiger partial charge in [-0.25, -0.2) is 0 Å². The topological polar surface area (TPSA) is 51.9 Å². The van der Waals surface area contributed by atoms with Crippen LogP contribution in [0.5, 0.6) is 11.7 Å². The SMILES string of the molecule is C[C@@H]1CN(C(=O)c2ccc(Oc3ccccc3Cl)o2)C[C@@H](C)O1. The van der Waals surface area contributed by atoms with Gasteiger partial charge in [-0.2, -0.15) is 0 Å². The highest BCUT2D eigenvalue weighted by Crippen LogP contribution is 2.30. The van der Waals surface area contributed by atoms with Crippen molar-refractivity contribution in [2.45, 2.75) is 26.1 Å². The molecule has 2 heterocycles. The van der Waals surface area contributed by atoms with Crippen molar-refractivity contribution in [3.05, 3.63) is 47.2 Å². The molecule has 0 saturated carbocycles. The summed E-state index contributed by atoms with van der Waals surface area (Å²) in [6, 6.07) is 10.3. The molecule has 6 heteroatoms. The molecule has 3 rings (SSSR count). The number of rotatable bonds is 3. The average Bonchev–Trinajstić information content (AvgIpc) is 2.96. The van der Waals surface area contributed by atoms with Gasteiger partial charge in [0.05, 0.1) is 17.2 Å². The number of benzene rings is 1. The molecule has 5 nitrogen and oxygen atoms in total. The van der Waals surface area contributed by atoms with Crippen LogP contribution in [0.25, 0.3) is 0 Å². The Bertz CT molecular complexity index is 689. The maximum atomic E-state index is 12.5. The number of furan rings is 1. The van der Waals surface area contributed by atoms with Gasteiger partial charge in [0.1, 0.15) is 5.75 Å². The van der Waals surface area contributed by atoms with Gasteiger partial charge in [0.25, 0.3) is 11.9 Å². The molecule has 23 heavy (non-hydrogen) atoms. The number of carbonyl (C=O) groups excluding carboxylic acids is 1. The molecular weight excluding hydrogens is 318 g/mol. The first-order chi connectivity index (χ1) is 11.0. The monoisotopic (exact) mass is 335 g/mol. The van der Waals surface area contributed by atoms with Crippen molar-refractivity contribution in [2.24, 2.45) is 0 Å². The van der Waals surface area contributed by atoms with E-state index in [2.05, 4.69) is 0 Å². The normalized spacial score (nSPS) is 21.3. The predicted octanol–water partition coefficient (Wildman–Crippen LogP) is 3.97. The summed E-state index contributed by atoms with van der Waals surface area (Å²) in [5.74, 6) is 0.793. The largest absolute Gasteiger partial charge is 0.424 e. The van der Waals surface area contributed by atoms with Gasteiger partial charge in [0.15, 0.2) is 5.76 Å². The van der Waals surface area contributed by atoms with Gasteiger partial charge in [-0.15, -0.1) is 0 Å². The number of amides is 1. The molecule has 0 unspecified atom stereocenters. The molecule has 1 saturated heterocycles. The summed E-state index contributed by atoms with van der Waals surface area (Å²) in [6.07, 6.45) is 0.0213. The third-order valence-electron chi connectivity index (χ3n) is 3.55. The number of ether oxygens (including phenoxy) is 2. The zero-order chi connectivity index (χ0) is 16.4. The van der Waals surface area contributed by atoms with E-state index in [1.165, 1.54) is 0 Å². The molecule has 0 aliphatic carbocycles. The van der Waals surface area contributed by atoms with Gasteiger partial charge in [0, 0.05) is 19.2 Å². The zero-order valence-electron chi connectivity index (χ0n) is 13.0. The summed E-state index contributed by atoms with van der Waals surface area (Å²) in [5.41, 5.74) is 0. The quantitative estimate of drug-likeness (QED) is 0.851. The van der Waals surface area contributed by atoms with Crippen molar-refractivity contribution in [3.63, 3.8) is 0 Å². The van der Waals surface area contributed by atoms with Crippen LogP contribution >= 0.6 is 11.6 Å². The van der Waals surface area contributed by atoms with Crippen molar-refractivity contribution >= 4 is 17.5 Å². The van der Waals surface area contributed by atoms with E-state index in [1.807, 2.05) is 26.0 Å². The lowest BCUT2D eigenvalue weighted by molar-refractivity contribution is -0.0592. The molecule has 0 radical (unpaired) electrons. The first-order valence-corrected chi connectivity index (χ1v) is 7.87. The van der Waals surface area contributed by atoms with Crippen LogP contribution in [0.4, 0.5) is 0 Å². The molecule has 2 aromatic rings. The number of para-hydroxylation sites is 1. The Morgan fingerprint density at radius 3 is 2.57 bits per heavy atom. The highest BCUT2D eigenvalue weighted by Gasteiger charge is 2.28. The van der Waals surface area contributed by atoms with Crippen LogP contribution in [-0.4, -0.2) is 36.1 Å². The fourth-order valence-corrected chi connectivity index (χ4v) is 2.80. The highest BCUT2D eigenvalue weighted by atomic mass is 35.5. The Morgan fingerprint density at radius 2 is 1.87 bits per heavy atom. The van der Waals surface area contributed by atoms with E-state index in [0.717, 1.165) is 0 Å². The van der Waals surface area contributed by atoms with Gasteiger partial charge in [-0.3, -0.25) is 4.79 Å². The maximum Gasteiger partial charge on any atom is 0.290 e. The van der Waals surface area contributed by atoms with Crippen LogP contribution in [0, 0.1) is 0 Å². The molecule has 1 aliphatic heterocycles. The minimum Gasteiger partial charge on any atom is -0.424 e. The van der Waals surface area contributed by atoms with E-state index < -0.39 is 0 Å². The van der Waals surface area contributed by atoms with E-state index in [4.69, 9.17) is 25.5 Å². The second-order valence-electron chi connectivity index (χ2n) is 5.62. The molecule has 0 N–H and O–H groups in total. The summed E-state index contributed by atoms with van der Waals surface area (Å²) >= 11 is 6.04. The lowest BCUT2D eigenvalue weighted by Crippen LogP contribution is -2.48. The van der Waals surface area contributed by atoms with Crippen molar-refractivity contribution in [1.29, 1.82) is 0 Å². The Balaban J connectivity index is 1.71.